The minimum atomic E-state index is -0.268. The van der Waals surface area contributed by atoms with Crippen molar-refractivity contribution in [2.45, 2.75) is 39.5 Å². The van der Waals surface area contributed by atoms with Gasteiger partial charge in [0.25, 0.3) is 5.91 Å². The molecule has 0 aromatic heterocycles. The maximum Gasteiger partial charge on any atom is 0.258 e. The molecule has 0 N–H and O–H groups in total. The van der Waals surface area contributed by atoms with Gasteiger partial charge in [0.15, 0.2) is 0 Å². The Morgan fingerprint density at radius 3 is 2.42 bits per heavy atom. The Hall–Kier alpha value is -2.60. The summed E-state index contributed by atoms with van der Waals surface area (Å²) in [5.74, 6) is 1.59. The Kier molecular flexibility index (Phi) is 8.73. The fraction of sp³-hybridized carbons (Fsp3) is 0.519. The molecule has 1 amide bonds. The molecule has 180 valence electrons. The molecule has 1 unspecified atom stereocenters. The van der Waals surface area contributed by atoms with Gasteiger partial charge in [-0.05, 0) is 81.5 Å². The van der Waals surface area contributed by atoms with Crippen molar-refractivity contribution in [2.75, 3.05) is 40.4 Å². The summed E-state index contributed by atoms with van der Waals surface area (Å²) in [4.78, 5) is 17.7. The predicted octanol–water partition coefficient (Wildman–Crippen LogP) is 5.60. The van der Waals surface area contributed by atoms with Crippen LogP contribution in [0.25, 0.3) is 0 Å². The standard InChI is InChI=1S/C27H37FN2O3/c1-6-26-25(13-19(3)28)21(9-8-12-29(7-2)17-20-10-11-20)18-30(26)27(31)22-14-23(32-4)16-24(15-22)33-5/h6,13-16,20-21H,1,7-12,17-18H2,2-5H3/b19-13+. The number of allylic oxidation sites excluding steroid dienone is 3. The fourth-order valence-corrected chi connectivity index (χ4v) is 4.55. The number of rotatable bonds is 12. The van der Waals surface area contributed by atoms with Gasteiger partial charge < -0.3 is 19.3 Å². The minimum absolute atomic E-state index is 0.0692. The Morgan fingerprint density at radius 2 is 1.91 bits per heavy atom. The molecule has 1 aromatic rings. The van der Waals surface area contributed by atoms with E-state index in [0.29, 0.717) is 29.3 Å². The fourth-order valence-electron chi connectivity index (χ4n) is 4.55. The number of carbonyl (C=O) groups is 1. The Morgan fingerprint density at radius 1 is 1.24 bits per heavy atom. The van der Waals surface area contributed by atoms with Crippen LogP contribution >= 0.6 is 0 Å². The zero-order chi connectivity index (χ0) is 24.0. The highest BCUT2D eigenvalue weighted by Gasteiger charge is 2.33. The quantitative estimate of drug-likeness (QED) is 0.411. The number of benzene rings is 1. The predicted molar refractivity (Wildman–Crippen MR) is 130 cm³/mol. The van der Waals surface area contributed by atoms with E-state index in [9.17, 15) is 9.18 Å². The molecule has 5 nitrogen and oxygen atoms in total. The second kappa shape index (κ2) is 11.5. The van der Waals surface area contributed by atoms with Gasteiger partial charge >= 0.3 is 0 Å². The summed E-state index contributed by atoms with van der Waals surface area (Å²) in [6, 6.07) is 5.13. The van der Waals surface area contributed by atoms with Gasteiger partial charge in [-0.1, -0.05) is 13.5 Å². The Labute approximate surface area is 197 Å². The van der Waals surface area contributed by atoms with Crippen molar-refractivity contribution < 1.29 is 18.7 Å². The number of nitrogens with zero attached hydrogens (tertiary/aromatic N) is 2. The summed E-state index contributed by atoms with van der Waals surface area (Å²) >= 11 is 0. The third-order valence-corrected chi connectivity index (χ3v) is 6.51. The molecular weight excluding hydrogens is 419 g/mol. The molecule has 1 atom stereocenters. The van der Waals surface area contributed by atoms with Gasteiger partial charge in [-0.3, -0.25) is 4.79 Å². The van der Waals surface area contributed by atoms with Crippen LogP contribution in [0.2, 0.25) is 0 Å². The van der Waals surface area contributed by atoms with E-state index < -0.39 is 0 Å². The van der Waals surface area contributed by atoms with Crippen LogP contribution in [0.4, 0.5) is 4.39 Å². The number of hydrogen-bond donors (Lipinski definition) is 0. The number of hydrogen-bond acceptors (Lipinski definition) is 4. The minimum Gasteiger partial charge on any atom is -0.497 e. The molecule has 1 aromatic carbocycles. The van der Waals surface area contributed by atoms with Gasteiger partial charge in [0.1, 0.15) is 11.5 Å². The molecule has 1 fully saturated rings. The molecule has 0 radical (unpaired) electrons. The van der Waals surface area contributed by atoms with Crippen molar-refractivity contribution in [3.63, 3.8) is 0 Å². The lowest BCUT2D eigenvalue weighted by Gasteiger charge is -2.22. The van der Waals surface area contributed by atoms with Crippen molar-refractivity contribution >= 4 is 5.91 Å². The maximum absolute atomic E-state index is 14.0. The normalized spacial score (nSPS) is 18.8. The molecule has 1 aliphatic heterocycles. The Bertz CT molecular complexity index is 894. The molecule has 33 heavy (non-hydrogen) atoms. The zero-order valence-corrected chi connectivity index (χ0v) is 20.4. The van der Waals surface area contributed by atoms with E-state index in [0.717, 1.165) is 37.4 Å². The third kappa shape index (κ3) is 6.47. The number of ether oxygens (including phenoxy) is 2. The topological polar surface area (TPSA) is 42.0 Å². The van der Waals surface area contributed by atoms with E-state index in [-0.39, 0.29) is 17.7 Å². The first-order valence-electron chi connectivity index (χ1n) is 11.9. The van der Waals surface area contributed by atoms with Crippen LogP contribution < -0.4 is 9.47 Å². The highest BCUT2D eigenvalue weighted by Crippen LogP contribution is 2.36. The highest BCUT2D eigenvalue weighted by atomic mass is 19.1. The van der Waals surface area contributed by atoms with E-state index in [1.165, 1.54) is 26.3 Å². The molecule has 2 aliphatic rings. The van der Waals surface area contributed by atoms with Crippen LogP contribution in [0.5, 0.6) is 11.5 Å². The van der Waals surface area contributed by atoms with E-state index in [1.807, 2.05) is 0 Å². The summed E-state index contributed by atoms with van der Waals surface area (Å²) in [5.41, 5.74) is 1.99. The monoisotopic (exact) mass is 456 g/mol. The van der Waals surface area contributed by atoms with Gasteiger partial charge in [0.2, 0.25) is 0 Å². The number of carbonyl (C=O) groups excluding carboxylic acids is 1. The van der Waals surface area contributed by atoms with Crippen LogP contribution in [-0.4, -0.2) is 56.1 Å². The lowest BCUT2D eigenvalue weighted by atomic mass is 9.94. The van der Waals surface area contributed by atoms with Crippen molar-refractivity contribution in [2.24, 2.45) is 11.8 Å². The summed E-state index contributed by atoms with van der Waals surface area (Å²) in [7, 11) is 3.11. The molecule has 1 heterocycles. The lowest BCUT2D eigenvalue weighted by molar-refractivity contribution is 0.0812. The second-order valence-corrected chi connectivity index (χ2v) is 8.97. The number of amides is 1. The maximum atomic E-state index is 14.0. The van der Waals surface area contributed by atoms with Gasteiger partial charge in [-0.25, -0.2) is 4.39 Å². The van der Waals surface area contributed by atoms with Gasteiger partial charge in [0, 0.05) is 36.3 Å². The van der Waals surface area contributed by atoms with Crippen molar-refractivity contribution in [1.29, 1.82) is 0 Å². The first kappa shape index (κ1) is 25.0. The summed E-state index contributed by atoms with van der Waals surface area (Å²) < 4.78 is 24.6. The molecule has 1 saturated carbocycles. The van der Waals surface area contributed by atoms with Crippen molar-refractivity contribution in [1.82, 2.24) is 9.80 Å². The summed E-state index contributed by atoms with van der Waals surface area (Å²) in [5, 5.41) is 0. The lowest BCUT2D eigenvalue weighted by Crippen LogP contribution is -2.30. The number of halogens is 1. The first-order valence-corrected chi connectivity index (χ1v) is 11.9. The highest BCUT2D eigenvalue weighted by molar-refractivity contribution is 5.97. The average Bonchev–Trinajstić information content (AvgIpc) is 3.57. The van der Waals surface area contributed by atoms with Gasteiger partial charge in [-0.2, -0.15) is 0 Å². The molecule has 1 aliphatic carbocycles. The summed E-state index contributed by atoms with van der Waals surface area (Å²) in [6.07, 6.45) is 7.82. The molecular formula is C27H37FN2O3. The van der Waals surface area contributed by atoms with Crippen LogP contribution in [-0.2, 0) is 0 Å². The Balaban J connectivity index is 1.79. The molecule has 0 saturated heterocycles. The molecule has 0 spiro atoms. The largest absolute Gasteiger partial charge is 0.497 e. The molecule has 3 rings (SSSR count). The third-order valence-electron chi connectivity index (χ3n) is 6.51. The SMILES string of the molecule is C=CC1=C(/C=C(\C)F)C(CCCN(CC)CC2CC2)CN1C(=O)c1cc(OC)cc(OC)c1. The van der Waals surface area contributed by atoms with Crippen LogP contribution in [0.1, 0.15) is 49.9 Å². The average molecular weight is 457 g/mol. The van der Waals surface area contributed by atoms with E-state index in [2.05, 4.69) is 18.4 Å². The van der Waals surface area contributed by atoms with E-state index >= 15 is 0 Å². The van der Waals surface area contributed by atoms with E-state index in [4.69, 9.17) is 9.47 Å². The van der Waals surface area contributed by atoms with Crippen LogP contribution in [0, 0.1) is 11.8 Å². The van der Waals surface area contributed by atoms with Crippen LogP contribution in [0.15, 0.2) is 54.0 Å². The summed E-state index contributed by atoms with van der Waals surface area (Å²) in [6.45, 7) is 11.3. The van der Waals surface area contributed by atoms with Crippen molar-refractivity contribution in [3.05, 3.63) is 59.6 Å². The first-order chi connectivity index (χ1) is 15.9. The number of methoxy groups -OCH3 is 2. The molecule has 6 heteroatoms. The van der Waals surface area contributed by atoms with Gasteiger partial charge in [-0.15, -0.1) is 0 Å². The smallest absolute Gasteiger partial charge is 0.258 e. The van der Waals surface area contributed by atoms with E-state index in [1.54, 1.807) is 49.5 Å². The van der Waals surface area contributed by atoms with Crippen LogP contribution in [0.3, 0.4) is 0 Å². The van der Waals surface area contributed by atoms with Crippen molar-refractivity contribution in [3.8, 4) is 11.5 Å². The second-order valence-electron chi connectivity index (χ2n) is 8.97. The zero-order valence-electron chi connectivity index (χ0n) is 20.4. The molecule has 0 bridgehead atoms. The van der Waals surface area contributed by atoms with Gasteiger partial charge in [0.05, 0.1) is 20.0 Å².